The van der Waals surface area contributed by atoms with E-state index in [9.17, 15) is 9.59 Å². The van der Waals surface area contributed by atoms with Crippen molar-refractivity contribution in [1.29, 1.82) is 0 Å². The summed E-state index contributed by atoms with van der Waals surface area (Å²) in [5.74, 6) is -2.98. The summed E-state index contributed by atoms with van der Waals surface area (Å²) >= 11 is 0. The minimum atomic E-state index is -1.21. The van der Waals surface area contributed by atoms with Gasteiger partial charge in [-0.1, -0.05) is 30.3 Å². The van der Waals surface area contributed by atoms with Gasteiger partial charge in [-0.05, 0) is 5.56 Å². The average Bonchev–Trinajstić information content (AvgIpc) is 2.26. The third kappa shape index (κ3) is 3.06. The molecule has 0 bridgehead atoms. The maximum atomic E-state index is 10.8. The maximum absolute atomic E-state index is 10.8. The van der Waals surface area contributed by atoms with Gasteiger partial charge in [-0.2, -0.15) is 0 Å². The van der Waals surface area contributed by atoms with Crippen LogP contribution in [0.1, 0.15) is 17.9 Å². The monoisotopic (exact) mass is 223 g/mol. The molecule has 5 nitrogen and oxygen atoms in total. The molecular weight excluding hydrogens is 210 g/mol. The van der Waals surface area contributed by atoms with Crippen molar-refractivity contribution in [1.82, 2.24) is 0 Å². The Morgan fingerprint density at radius 3 is 2.19 bits per heavy atom. The summed E-state index contributed by atoms with van der Waals surface area (Å²) in [7, 11) is 0. The molecule has 0 unspecified atom stereocenters. The van der Waals surface area contributed by atoms with Gasteiger partial charge in [-0.15, -0.1) is 0 Å². The van der Waals surface area contributed by atoms with Crippen molar-refractivity contribution >= 4 is 11.9 Å². The van der Waals surface area contributed by atoms with E-state index in [4.69, 9.17) is 15.9 Å². The van der Waals surface area contributed by atoms with Crippen LogP contribution < -0.4 is 5.73 Å². The van der Waals surface area contributed by atoms with E-state index in [1.54, 1.807) is 30.3 Å². The van der Waals surface area contributed by atoms with Gasteiger partial charge in [0, 0.05) is 5.92 Å². The first-order valence-electron chi connectivity index (χ1n) is 4.77. The number of carboxylic acids is 2. The van der Waals surface area contributed by atoms with E-state index in [1.807, 2.05) is 0 Å². The highest BCUT2D eigenvalue weighted by Gasteiger charge is 2.27. The Labute approximate surface area is 92.5 Å². The lowest BCUT2D eigenvalue weighted by molar-refractivity contribution is -0.140. The lowest BCUT2D eigenvalue weighted by atomic mass is 9.89. The number of carbonyl (C=O) groups is 2. The van der Waals surface area contributed by atoms with E-state index in [-0.39, 0.29) is 6.42 Å². The first-order valence-corrected chi connectivity index (χ1v) is 4.77. The van der Waals surface area contributed by atoms with Crippen molar-refractivity contribution in [3.8, 4) is 0 Å². The second kappa shape index (κ2) is 5.27. The molecule has 1 rings (SSSR count). The number of hydrogen-bond donors (Lipinski definition) is 3. The molecule has 0 amide bonds. The predicted molar refractivity (Wildman–Crippen MR) is 57.0 cm³/mol. The molecule has 4 N–H and O–H groups in total. The Bertz CT molecular complexity index is 377. The molecule has 0 aromatic heterocycles. The van der Waals surface area contributed by atoms with Crippen molar-refractivity contribution in [2.45, 2.75) is 18.4 Å². The third-order valence-electron chi connectivity index (χ3n) is 2.34. The van der Waals surface area contributed by atoms with E-state index in [0.29, 0.717) is 5.56 Å². The van der Waals surface area contributed by atoms with Crippen LogP contribution >= 0.6 is 0 Å². The zero-order chi connectivity index (χ0) is 12.1. The molecule has 0 spiro atoms. The second-order valence-electron chi connectivity index (χ2n) is 3.48. The number of aliphatic carboxylic acids is 2. The molecule has 0 fully saturated rings. The van der Waals surface area contributed by atoms with Gasteiger partial charge in [0.2, 0.25) is 0 Å². The fraction of sp³-hybridized carbons (Fsp3) is 0.273. The second-order valence-corrected chi connectivity index (χ2v) is 3.48. The largest absolute Gasteiger partial charge is 0.481 e. The molecule has 86 valence electrons. The summed E-state index contributed by atoms with van der Waals surface area (Å²) in [5.41, 5.74) is 6.10. The van der Waals surface area contributed by atoms with Crippen molar-refractivity contribution in [2.75, 3.05) is 0 Å². The smallest absolute Gasteiger partial charge is 0.321 e. The van der Waals surface area contributed by atoms with Gasteiger partial charge >= 0.3 is 11.9 Å². The minimum absolute atomic E-state index is 0.294. The maximum Gasteiger partial charge on any atom is 0.321 e. The summed E-state index contributed by atoms with van der Waals surface area (Å²) < 4.78 is 0. The van der Waals surface area contributed by atoms with Gasteiger partial charge in [-0.25, -0.2) is 0 Å². The summed E-state index contributed by atoms with van der Waals surface area (Å²) in [6.45, 7) is 0. The van der Waals surface area contributed by atoms with Crippen LogP contribution in [0.2, 0.25) is 0 Å². The Morgan fingerprint density at radius 1 is 1.19 bits per heavy atom. The molecule has 5 heteroatoms. The summed E-state index contributed by atoms with van der Waals surface area (Å²) in [6.07, 6.45) is -0.294. The Morgan fingerprint density at radius 2 is 1.75 bits per heavy atom. The van der Waals surface area contributed by atoms with E-state index in [2.05, 4.69) is 0 Å². The minimum Gasteiger partial charge on any atom is -0.481 e. The fourth-order valence-electron chi connectivity index (χ4n) is 1.51. The van der Waals surface area contributed by atoms with Crippen LogP contribution in [-0.4, -0.2) is 28.2 Å². The van der Waals surface area contributed by atoms with Crippen LogP contribution in [0.3, 0.4) is 0 Å². The van der Waals surface area contributed by atoms with Gasteiger partial charge in [0.1, 0.15) is 6.04 Å². The van der Waals surface area contributed by atoms with Gasteiger partial charge < -0.3 is 15.9 Å². The van der Waals surface area contributed by atoms with Gasteiger partial charge in [0.05, 0.1) is 6.42 Å². The number of benzene rings is 1. The highest BCUT2D eigenvalue weighted by molar-refractivity contribution is 5.77. The molecule has 0 radical (unpaired) electrons. The molecule has 0 saturated carbocycles. The van der Waals surface area contributed by atoms with Crippen LogP contribution in [0, 0.1) is 0 Å². The molecule has 0 saturated heterocycles. The van der Waals surface area contributed by atoms with Crippen molar-refractivity contribution in [3.05, 3.63) is 35.9 Å². The Kier molecular flexibility index (Phi) is 4.02. The molecule has 0 aliphatic carbocycles. The highest BCUT2D eigenvalue weighted by atomic mass is 16.4. The van der Waals surface area contributed by atoms with E-state index in [1.165, 1.54) is 0 Å². The van der Waals surface area contributed by atoms with Gasteiger partial charge in [0.25, 0.3) is 0 Å². The summed E-state index contributed by atoms with van der Waals surface area (Å²) in [4.78, 5) is 21.4. The van der Waals surface area contributed by atoms with Crippen LogP contribution in [0.15, 0.2) is 30.3 Å². The molecule has 2 atom stereocenters. The molecule has 0 aliphatic rings. The molecule has 16 heavy (non-hydrogen) atoms. The fourth-order valence-corrected chi connectivity index (χ4v) is 1.51. The number of rotatable bonds is 5. The van der Waals surface area contributed by atoms with Crippen LogP contribution in [0.5, 0.6) is 0 Å². The normalized spacial score (nSPS) is 14.1. The van der Waals surface area contributed by atoms with Gasteiger partial charge in [-0.3, -0.25) is 9.59 Å². The molecular formula is C11H13NO4. The number of hydrogen-bond acceptors (Lipinski definition) is 3. The first kappa shape index (κ1) is 12.2. The first-order chi connectivity index (χ1) is 7.52. The molecule has 0 heterocycles. The SMILES string of the molecule is N[C@H](C(=O)O)[C@@H](CC(=O)O)c1ccccc1. The van der Waals surface area contributed by atoms with E-state index >= 15 is 0 Å². The van der Waals surface area contributed by atoms with Crippen LogP contribution in [0.25, 0.3) is 0 Å². The lowest BCUT2D eigenvalue weighted by Gasteiger charge is -2.19. The Balaban J connectivity index is 2.96. The number of nitrogens with two attached hydrogens (primary N) is 1. The highest BCUT2D eigenvalue weighted by Crippen LogP contribution is 2.22. The van der Waals surface area contributed by atoms with Crippen molar-refractivity contribution < 1.29 is 19.8 Å². The van der Waals surface area contributed by atoms with Crippen LogP contribution in [0.4, 0.5) is 0 Å². The zero-order valence-corrected chi connectivity index (χ0v) is 8.54. The van der Waals surface area contributed by atoms with Crippen molar-refractivity contribution in [2.24, 2.45) is 5.73 Å². The quantitative estimate of drug-likeness (QED) is 0.680. The van der Waals surface area contributed by atoms with E-state index in [0.717, 1.165) is 0 Å². The average molecular weight is 223 g/mol. The molecule has 1 aromatic rings. The number of carboxylic acid groups (broad SMARTS) is 2. The lowest BCUT2D eigenvalue weighted by Crippen LogP contribution is -2.37. The standard InChI is InChI=1S/C11H13NO4/c12-10(11(15)16)8(6-9(13)14)7-4-2-1-3-5-7/h1-5,8,10H,6,12H2,(H,13,14)(H,15,16)/t8-,10-/m0/s1. The molecule has 0 aliphatic heterocycles. The van der Waals surface area contributed by atoms with Gasteiger partial charge in [0.15, 0.2) is 0 Å². The van der Waals surface area contributed by atoms with E-state index < -0.39 is 23.9 Å². The zero-order valence-electron chi connectivity index (χ0n) is 8.54. The van der Waals surface area contributed by atoms with Crippen LogP contribution in [-0.2, 0) is 9.59 Å². The predicted octanol–water partition coefficient (Wildman–Crippen LogP) is 0.657. The topological polar surface area (TPSA) is 101 Å². The third-order valence-corrected chi connectivity index (χ3v) is 2.34. The molecule has 1 aromatic carbocycles. The summed E-state index contributed by atoms with van der Waals surface area (Å²) in [6, 6.07) is 7.36. The van der Waals surface area contributed by atoms with Crippen molar-refractivity contribution in [3.63, 3.8) is 0 Å². The summed E-state index contributed by atoms with van der Waals surface area (Å²) in [5, 5.41) is 17.5. The Hall–Kier alpha value is -1.88.